The van der Waals surface area contributed by atoms with Gasteiger partial charge < -0.3 is 0 Å². The van der Waals surface area contributed by atoms with Gasteiger partial charge in [-0.15, -0.1) is 12.3 Å². The van der Waals surface area contributed by atoms with Gasteiger partial charge in [0.25, 0.3) is 0 Å². The van der Waals surface area contributed by atoms with Crippen molar-refractivity contribution in [3.8, 4) is 12.3 Å². The van der Waals surface area contributed by atoms with E-state index in [9.17, 15) is 4.79 Å². The van der Waals surface area contributed by atoms with Gasteiger partial charge in [-0.2, -0.15) is 0 Å². The minimum absolute atomic E-state index is 0.0730. The Hall–Kier alpha value is -1.43. The highest BCUT2D eigenvalue weighted by molar-refractivity contribution is 4.85. The molecule has 0 aromatic carbocycles. The maximum atomic E-state index is 11.6. The van der Waals surface area contributed by atoms with Crippen molar-refractivity contribution >= 4 is 0 Å². The lowest BCUT2D eigenvalue weighted by atomic mass is 10.3. The van der Waals surface area contributed by atoms with Crippen molar-refractivity contribution in [2.24, 2.45) is 0 Å². The summed E-state index contributed by atoms with van der Waals surface area (Å²) in [5.41, 5.74) is 0.0730. The molecule has 1 rings (SSSR count). The van der Waals surface area contributed by atoms with Gasteiger partial charge in [0, 0.05) is 31.9 Å². The second-order valence-corrected chi connectivity index (χ2v) is 3.28. The van der Waals surface area contributed by atoms with Crippen LogP contribution >= 0.6 is 0 Å². The van der Waals surface area contributed by atoms with Gasteiger partial charge in [-0.05, 0) is 12.8 Å². The molecule has 14 heavy (non-hydrogen) atoms. The molecule has 0 saturated heterocycles. The third kappa shape index (κ3) is 2.53. The Morgan fingerprint density at radius 1 is 1.36 bits per heavy atom. The molecule has 0 bridgehead atoms. The molecule has 1 aromatic heterocycles. The second kappa shape index (κ2) is 5.33. The molecular weight excluding hydrogens is 176 g/mol. The first-order chi connectivity index (χ1) is 6.79. The summed E-state index contributed by atoms with van der Waals surface area (Å²) in [6, 6.07) is 0. The van der Waals surface area contributed by atoms with E-state index in [0.29, 0.717) is 0 Å². The summed E-state index contributed by atoms with van der Waals surface area (Å²) in [4.78, 5) is 11.6. The van der Waals surface area contributed by atoms with E-state index >= 15 is 0 Å². The van der Waals surface area contributed by atoms with Crippen molar-refractivity contribution < 1.29 is 0 Å². The highest BCUT2D eigenvalue weighted by atomic mass is 16.1. The van der Waals surface area contributed by atoms with Gasteiger partial charge in [0.2, 0.25) is 0 Å². The molecule has 0 fully saturated rings. The molecule has 1 aromatic rings. The molecule has 0 saturated carbocycles. The molecule has 3 nitrogen and oxygen atoms in total. The van der Waals surface area contributed by atoms with E-state index in [1.54, 1.807) is 9.13 Å². The van der Waals surface area contributed by atoms with Gasteiger partial charge in [-0.25, -0.2) is 4.79 Å². The molecule has 0 atom stereocenters. The van der Waals surface area contributed by atoms with Crippen molar-refractivity contribution in [3.63, 3.8) is 0 Å². The predicted octanol–water partition coefficient (Wildman–Crippen LogP) is 1.47. The van der Waals surface area contributed by atoms with Gasteiger partial charge in [0.05, 0.1) is 0 Å². The summed E-state index contributed by atoms with van der Waals surface area (Å²) in [7, 11) is 0. The monoisotopic (exact) mass is 192 g/mol. The van der Waals surface area contributed by atoms with Crippen molar-refractivity contribution in [2.45, 2.75) is 39.3 Å². The lowest BCUT2D eigenvalue weighted by Gasteiger charge is -1.99. The topological polar surface area (TPSA) is 26.9 Å². The summed E-state index contributed by atoms with van der Waals surface area (Å²) < 4.78 is 3.45. The smallest absolute Gasteiger partial charge is 0.299 e. The number of imidazole rings is 1. The van der Waals surface area contributed by atoms with E-state index in [-0.39, 0.29) is 5.69 Å². The van der Waals surface area contributed by atoms with Crippen LogP contribution in [0.5, 0.6) is 0 Å². The summed E-state index contributed by atoms with van der Waals surface area (Å²) in [5, 5.41) is 0. The average Bonchev–Trinajstić information content (AvgIpc) is 2.51. The first kappa shape index (κ1) is 10.6. The van der Waals surface area contributed by atoms with Crippen LogP contribution in [0.15, 0.2) is 17.2 Å². The largest absolute Gasteiger partial charge is 0.328 e. The average molecular weight is 192 g/mol. The SMILES string of the molecule is C#CCCCn1ccn(CCC)c1=O. The van der Waals surface area contributed by atoms with Gasteiger partial charge in [0.15, 0.2) is 0 Å². The lowest BCUT2D eigenvalue weighted by Crippen LogP contribution is -2.23. The fraction of sp³-hybridized carbons (Fsp3) is 0.545. The van der Waals surface area contributed by atoms with Crippen LogP contribution in [0.3, 0.4) is 0 Å². The van der Waals surface area contributed by atoms with Crippen LogP contribution in [0, 0.1) is 12.3 Å². The van der Waals surface area contributed by atoms with Crippen LogP contribution in [-0.4, -0.2) is 9.13 Å². The Morgan fingerprint density at radius 3 is 2.57 bits per heavy atom. The Kier molecular flexibility index (Phi) is 4.06. The Bertz CT molecular complexity index is 367. The van der Waals surface area contributed by atoms with Crippen molar-refractivity contribution in [2.75, 3.05) is 0 Å². The molecule has 0 spiro atoms. The van der Waals surface area contributed by atoms with E-state index in [1.165, 1.54) is 0 Å². The van der Waals surface area contributed by atoms with Crippen LogP contribution in [0.2, 0.25) is 0 Å². The summed E-state index contributed by atoms with van der Waals surface area (Å²) >= 11 is 0. The predicted molar refractivity (Wildman–Crippen MR) is 57.1 cm³/mol. The fourth-order valence-corrected chi connectivity index (χ4v) is 1.39. The van der Waals surface area contributed by atoms with Crippen molar-refractivity contribution in [3.05, 3.63) is 22.9 Å². The van der Waals surface area contributed by atoms with E-state index in [1.807, 2.05) is 12.4 Å². The molecule has 0 aliphatic rings. The van der Waals surface area contributed by atoms with E-state index in [4.69, 9.17) is 6.42 Å². The third-order valence-electron chi connectivity index (χ3n) is 2.10. The van der Waals surface area contributed by atoms with E-state index in [0.717, 1.165) is 32.4 Å². The molecular formula is C11H16N2O. The Morgan fingerprint density at radius 2 is 2.00 bits per heavy atom. The number of unbranched alkanes of at least 4 members (excludes halogenated alkanes) is 1. The minimum Gasteiger partial charge on any atom is -0.299 e. The maximum Gasteiger partial charge on any atom is 0.328 e. The first-order valence-corrected chi connectivity index (χ1v) is 4.98. The molecule has 0 radical (unpaired) electrons. The van der Waals surface area contributed by atoms with Crippen LogP contribution in [0.1, 0.15) is 26.2 Å². The Balaban J connectivity index is 2.61. The normalized spacial score (nSPS) is 10.0. The third-order valence-corrected chi connectivity index (χ3v) is 2.10. The highest BCUT2D eigenvalue weighted by Gasteiger charge is 2.00. The van der Waals surface area contributed by atoms with Crippen LogP contribution in [0.4, 0.5) is 0 Å². The fourth-order valence-electron chi connectivity index (χ4n) is 1.39. The van der Waals surface area contributed by atoms with Gasteiger partial charge in [0.1, 0.15) is 0 Å². The standard InChI is InChI=1S/C11H16N2O/c1-3-5-6-8-13-10-9-12(7-4-2)11(13)14/h1,9-10H,4-8H2,2H3. The number of aryl methyl sites for hydroxylation is 2. The summed E-state index contributed by atoms with van der Waals surface area (Å²) in [6.45, 7) is 3.57. The van der Waals surface area contributed by atoms with Crippen LogP contribution in [0.25, 0.3) is 0 Å². The number of nitrogens with zero attached hydrogens (tertiary/aromatic N) is 2. The minimum atomic E-state index is 0.0730. The van der Waals surface area contributed by atoms with Crippen molar-refractivity contribution in [1.29, 1.82) is 0 Å². The molecule has 0 amide bonds. The number of hydrogen-bond donors (Lipinski definition) is 0. The highest BCUT2D eigenvalue weighted by Crippen LogP contribution is 1.93. The molecule has 3 heteroatoms. The van der Waals surface area contributed by atoms with E-state index < -0.39 is 0 Å². The van der Waals surface area contributed by atoms with Gasteiger partial charge in [-0.1, -0.05) is 6.92 Å². The van der Waals surface area contributed by atoms with Gasteiger partial charge >= 0.3 is 5.69 Å². The van der Waals surface area contributed by atoms with E-state index in [2.05, 4.69) is 12.8 Å². The quantitative estimate of drug-likeness (QED) is 0.512. The maximum absolute atomic E-state index is 11.6. The van der Waals surface area contributed by atoms with Crippen molar-refractivity contribution in [1.82, 2.24) is 9.13 Å². The Labute approximate surface area is 84.4 Å². The number of terminal acetylenes is 1. The number of hydrogen-bond acceptors (Lipinski definition) is 1. The molecule has 76 valence electrons. The lowest BCUT2D eigenvalue weighted by molar-refractivity contribution is 0.586. The molecule has 0 aliphatic carbocycles. The zero-order chi connectivity index (χ0) is 10.4. The van der Waals surface area contributed by atoms with Gasteiger partial charge in [-0.3, -0.25) is 9.13 Å². The summed E-state index contributed by atoms with van der Waals surface area (Å²) in [6.07, 6.45) is 11.4. The number of rotatable bonds is 5. The van der Waals surface area contributed by atoms with Crippen LogP contribution in [-0.2, 0) is 13.1 Å². The molecule has 0 unspecified atom stereocenters. The molecule has 0 aliphatic heterocycles. The zero-order valence-corrected chi connectivity index (χ0v) is 8.57. The molecule has 1 heterocycles. The first-order valence-electron chi connectivity index (χ1n) is 4.98. The second-order valence-electron chi connectivity index (χ2n) is 3.28. The zero-order valence-electron chi connectivity index (χ0n) is 8.57. The number of aromatic nitrogens is 2. The summed E-state index contributed by atoms with van der Waals surface area (Å²) in [5.74, 6) is 2.57. The molecule has 0 N–H and O–H groups in total. The van der Waals surface area contributed by atoms with Crippen LogP contribution < -0.4 is 5.69 Å².